The van der Waals surface area contributed by atoms with E-state index in [0.717, 1.165) is 30.2 Å². The van der Waals surface area contributed by atoms with Gasteiger partial charge in [-0.2, -0.15) is 10.5 Å². The number of thioether (sulfide) groups is 1. The van der Waals surface area contributed by atoms with Crippen molar-refractivity contribution >= 4 is 40.9 Å². The zero-order valence-electron chi connectivity index (χ0n) is 26.4. The van der Waals surface area contributed by atoms with E-state index >= 15 is 0 Å². The number of amides is 3. The second kappa shape index (κ2) is 19.0. The molecule has 3 rings (SSSR count). The number of rotatable bonds is 9. The van der Waals surface area contributed by atoms with Crippen molar-refractivity contribution in [1.29, 1.82) is 10.5 Å². The molecule has 3 amide bonds. The molecule has 0 spiro atoms. The molecule has 2 aliphatic rings. The molecule has 0 bridgehead atoms. The summed E-state index contributed by atoms with van der Waals surface area (Å²) >= 11 is 1.34. The molecule has 2 aliphatic heterocycles. The van der Waals surface area contributed by atoms with Crippen LogP contribution in [0, 0.1) is 40.9 Å². The fourth-order valence-corrected chi connectivity index (χ4v) is 5.18. The van der Waals surface area contributed by atoms with Crippen LogP contribution in [-0.4, -0.2) is 80.4 Å². The van der Waals surface area contributed by atoms with E-state index in [-0.39, 0.29) is 23.9 Å². The van der Waals surface area contributed by atoms with Gasteiger partial charge in [-0.1, -0.05) is 39.1 Å². The number of carbonyl (C=O) groups excluding carboxylic acids is 3. The van der Waals surface area contributed by atoms with E-state index in [1.54, 1.807) is 25.2 Å². The summed E-state index contributed by atoms with van der Waals surface area (Å²) in [5, 5.41) is 29.3. The molecule has 4 N–H and O–H groups in total. The molecule has 12 heteroatoms. The summed E-state index contributed by atoms with van der Waals surface area (Å²) in [7, 11) is 1.81. The molecular formula is C32H44N8O3S. The molecule has 2 heterocycles. The number of nitrogens with one attached hydrogen (secondary N) is 4. The van der Waals surface area contributed by atoms with E-state index in [2.05, 4.69) is 45.6 Å². The lowest BCUT2D eigenvalue weighted by Crippen LogP contribution is -2.34. The van der Waals surface area contributed by atoms with Crippen LogP contribution in [0.3, 0.4) is 0 Å². The van der Waals surface area contributed by atoms with Gasteiger partial charge in [0, 0.05) is 49.2 Å². The van der Waals surface area contributed by atoms with Gasteiger partial charge in [-0.15, -0.1) is 12.8 Å². The zero-order valence-corrected chi connectivity index (χ0v) is 27.2. The molecule has 1 aromatic rings. The van der Waals surface area contributed by atoms with Crippen LogP contribution >= 0.6 is 11.8 Å². The highest BCUT2D eigenvalue weighted by atomic mass is 32.2. The van der Waals surface area contributed by atoms with E-state index in [1.807, 2.05) is 44.7 Å². The number of benzene rings is 1. The first kappa shape index (κ1) is 37.6. The van der Waals surface area contributed by atoms with Gasteiger partial charge in [0.05, 0.1) is 22.3 Å². The maximum absolute atomic E-state index is 12.6. The molecule has 2 saturated heterocycles. The molecule has 1 aromatic carbocycles. The minimum Gasteiger partial charge on any atom is -0.388 e. The highest BCUT2D eigenvalue weighted by molar-refractivity contribution is 8.07. The average Bonchev–Trinajstić information content (AvgIpc) is 3.66. The summed E-state index contributed by atoms with van der Waals surface area (Å²) in [5.41, 5.74) is 1.38. The lowest BCUT2D eigenvalue weighted by Gasteiger charge is -2.20. The van der Waals surface area contributed by atoms with Crippen molar-refractivity contribution < 1.29 is 14.4 Å². The van der Waals surface area contributed by atoms with Crippen LogP contribution in [-0.2, 0) is 9.59 Å². The maximum atomic E-state index is 12.6. The molecule has 44 heavy (non-hydrogen) atoms. The summed E-state index contributed by atoms with van der Waals surface area (Å²) in [6, 6.07) is 9.06. The molecule has 0 radical (unpaired) electrons. The standard InChI is InChI=1S/C19H30N4O2.C11H12N4OS.C2H2/c1-19(2,3)18(25)22-16-13-14(20-4)7-8-15(16)17(24)21-9-12-23-10-5-6-11-23;1-3-15-7-8(2)17-11(15)9(6-13)10(16)14-5-4-12;1-2/h7-8,13,20H,5-6,9-12H2,1-4H3,(H,21,24)(H,22,25);2-3,5,7H2,1H3,(H,14,16);1-2H/b;11-9-;. The van der Waals surface area contributed by atoms with Crippen molar-refractivity contribution in [2.24, 2.45) is 5.41 Å². The van der Waals surface area contributed by atoms with Gasteiger partial charge in [-0.25, -0.2) is 0 Å². The van der Waals surface area contributed by atoms with Crippen LogP contribution in [0.25, 0.3) is 0 Å². The zero-order chi connectivity index (χ0) is 33.3. The minimum atomic E-state index is -0.529. The first-order valence-electron chi connectivity index (χ1n) is 14.3. The predicted octanol–water partition coefficient (Wildman–Crippen LogP) is 3.73. The van der Waals surface area contributed by atoms with E-state index in [0.29, 0.717) is 35.9 Å². The summed E-state index contributed by atoms with van der Waals surface area (Å²) in [6.07, 6.45) is 10.5. The molecule has 11 nitrogen and oxygen atoms in total. The summed E-state index contributed by atoms with van der Waals surface area (Å²) < 4.78 is 0. The number of hydrogen-bond acceptors (Lipinski definition) is 9. The Kier molecular flexibility index (Phi) is 16.2. The van der Waals surface area contributed by atoms with Gasteiger partial charge in [-0.05, 0) is 51.1 Å². The molecule has 0 saturated carbocycles. The van der Waals surface area contributed by atoms with E-state index < -0.39 is 11.3 Å². The Labute approximate surface area is 266 Å². The number of hydrogen-bond donors (Lipinski definition) is 4. The minimum absolute atomic E-state index is 0.0470. The quantitative estimate of drug-likeness (QED) is 0.140. The van der Waals surface area contributed by atoms with Crippen LogP contribution in [0.1, 0.15) is 50.9 Å². The highest BCUT2D eigenvalue weighted by Crippen LogP contribution is 2.37. The Hall–Kier alpha value is -4.44. The van der Waals surface area contributed by atoms with Crippen LogP contribution in [0.4, 0.5) is 11.4 Å². The lowest BCUT2D eigenvalue weighted by atomic mass is 9.95. The maximum Gasteiger partial charge on any atom is 0.265 e. The fraction of sp³-hybridized carbons (Fsp3) is 0.469. The van der Waals surface area contributed by atoms with Gasteiger partial charge >= 0.3 is 0 Å². The number of terminal acetylenes is 1. The van der Waals surface area contributed by atoms with Gasteiger partial charge in [-0.3, -0.25) is 14.4 Å². The first-order chi connectivity index (χ1) is 20.9. The summed E-state index contributed by atoms with van der Waals surface area (Å²) in [6.45, 7) is 16.3. The third-order valence-corrected chi connectivity index (χ3v) is 7.63. The van der Waals surface area contributed by atoms with Crippen molar-refractivity contribution in [2.45, 2.75) is 40.5 Å². The van der Waals surface area contributed by atoms with Crippen LogP contribution in [0.5, 0.6) is 0 Å². The number of likely N-dealkylation sites (N-methyl/N-ethyl adjacent to an activating group) is 1. The summed E-state index contributed by atoms with van der Waals surface area (Å²) in [5.74, 6) is -0.789. The van der Waals surface area contributed by atoms with Crippen molar-refractivity contribution in [1.82, 2.24) is 20.4 Å². The number of likely N-dealkylation sites (tertiary alicyclic amines) is 1. The third-order valence-electron chi connectivity index (χ3n) is 6.55. The molecule has 0 aromatic heterocycles. The average molecular weight is 621 g/mol. The van der Waals surface area contributed by atoms with Gasteiger partial charge < -0.3 is 31.1 Å². The van der Waals surface area contributed by atoms with E-state index in [1.165, 1.54) is 24.6 Å². The normalized spacial score (nSPS) is 15.3. The molecule has 236 valence electrons. The van der Waals surface area contributed by atoms with E-state index in [9.17, 15) is 14.4 Å². The van der Waals surface area contributed by atoms with Crippen molar-refractivity contribution in [3.63, 3.8) is 0 Å². The first-order valence-corrected chi connectivity index (χ1v) is 15.1. The van der Waals surface area contributed by atoms with Gasteiger partial charge in [0.2, 0.25) is 5.91 Å². The smallest absolute Gasteiger partial charge is 0.265 e. The number of anilines is 2. The van der Waals surface area contributed by atoms with Crippen LogP contribution in [0.15, 0.2) is 40.3 Å². The lowest BCUT2D eigenvalue weighted by molar-refractivity contribution is -0.123. The van der Waals surface area contributed by atoms with Gasteiger partial charge in [0.25, 0.3) is 11.8 Å². The van der Waals surface area contributed by atoms with Crippen LogP contribution < -0.4 is 21.3 Å². The topological polar surface area (TPSA) is 153 Å². The fourth-order valence-electron chi connectivity index (χ4n) is 4.13. The van der Waals surface area contributed by atoms with Gasteiger partial charge in [0.15, 0.2) is 0 Å². The number of carbonyl (C=O) groups is 3. The summed E-state index contributed by atoms with van der Waals surface area (Å²) in [4.78, 5) is 41.7. The van der Waals surface area contributed by atoms with E-state index in [4.69, 9.17) is 10.5 Å². The Morgan fingerprint density at radius 3 is 2.32 bits per heavy atom. The molecular weight excluding hydrogens is 576 g/mol. The SMILES string of the molecule is C#C.C=C1CN(CC)/C(=C(\C#N)C(=O)NCC#N)S1.CNc1ccc(C(=O)NCCN2CCCC2)c(NC(=O)C(C)(C)C)c1. The van der Waals surface area contributed by atoms with Crippen molar-refractivity contribution in [3.8, 4) is 25.0 Å². The number of nitriles is 2. The number of nitrogens with zero attached hydrogens (tertiary/aromatic N) is 4. The second-order valence-corrected chi connectivity index (χ2v) is 12.0. The van der Waals surface area contributed by atoms with Crippen molar-refractivity contribution in [2.75, 3.05) is 63.5 Å². The molecule has 0 aliphatic carbocycles. The highest BCUT2D eigenvalue weighted by Gasteiger charge is 2.27. The van der Waals surface area contributed by atoms with Gasteiger partial charge in [0.1, 0.15) is 18.2 Å². The Morgan fingerprint density at radius 1 is 1.11 bits per heavy atom. The Morgan fingerprint density at radius 2 is 1.77 bits per heavy atom. The molecule has 2 fully saturated rings. The Balaban J connectivity index is 0.000000445. The monoisotopic (exact) mass is 620 g/mol. The second-order valence-electron chi connectivity index (χ2n) is 10.8. The van der Waals surface area contributed by atoms with Crippen LogP contribution in [0.2, 0.25) is 0 Å². The Bertz CT molecular complexity index is 1310. The molecule has 0 unspecified atom stereocenters. The van der Waals surface area contributed by atoms with Crippen molar-refractivity contribution in [3.05, 3.63) is 45.8 Å². The largest absolute Gasteiger partial charge is 0.388 e. The predicted molar refractivity (Wildman–Crippen MR) is 177 cm³/mol. The molecule has 0 atom stereocenters. The third kappa shape index (κ3) is 11.7.